The van der Waals surface area contributed by atoms with E-state index in [-0.39, 0.29) is 5.91 Å². The van der Waals surface area contributed by atoms with Crippen molar-refractivity contribution >= 4 is 17.5 Å². The maximum absolute atomic E-state index is 12.3. The minimum atomic E-state index is -0.213. The van der Waals surface area contributed by atoms with Crippen LogP contribution in [0.1, 0.15) is 29.3 Å². The number of carbonyl (C=O) groups is 1. The van der Waals surface area contributed by atoms with E-state index < -0.39 is 0 Å². The molecular weight excluding hydrogens is 252 g/mol. The molecular formula is C15H18N4O. The molecule has 0 aliphatic rings. The third-order valence-corrected chi connectivity index (χ3v) is 2.78. The van der Waals surface area contributed by atoms with E-state index in [1.807, 2.05) is 25.1 Å². The van der Waals surface area contributed by atoms with Gasteiger partial charge in [0.05, 0.1) is 5.56 Å². The maximum Gasteiger partial charge on any atom is 0.260 e. The van der Waals surface area contributed by atoms with E-state index in [2.05, 4.69) is 27.5 Å². The molecule has 1 aromatic heterocycles. The van der Waals surface area contributed by atoms with Crippen LogP contribution in [0, 0.1) is 6.92 Å². The molecule has 2 rings (SSSR count). The molecule has 0 bridgehead atoms. The first-order valence-corrected chi connectivity index (χ1v) is 6.63. The highest BCUT2D eigenvalue weighted by molar-refractivity contribution is 6.07. The van der Waals surface area contributed by atoms with Gasteiger partial charge in [0.25, 0.3) is 5.91 Å². The number of hydrogen-bond acceptors (Lipinski definition) is 4. The molecule has 1 amide bonds. The second-order valence-electron chi connectivity index (χ2n) is 4.50. The van der Waals surface area contributed by atoms with Crippen molar-refractivity contribution in [2.24, 2.45) is 0 Å². The van der Waals surface area contributed by atoms with Gasteiger partial charge in [0.15, 0.2) is 0 Å². The molecule has 0 atom stereocenters. The Morgan fingerprint density at radius 2 is 2.00 bits per heavy atom. The predicted octanol–water partition coefficient (Wildman–Crippen LogP) is 2.86. The fraction of sp³-hybridized carbons (Fsp3) is 0.267. The van der Waals surface area contributed by atoms with Crippen molar-refractivity contribution in [2.75, 3.05) is 17.2 Å². The van der Waals surface area contributed by atoms with Gasteiger partial charge >= 0.3 is 0 Å². The largest absolute Gasteiger partial charge is 0.384 e. The van der Waals surface area contributed by atoms with Crippen LogP contribution in [0.25, 0.3) is 0 Å². The smallest absolute Gasteiger partial charge is 0.260 e. The lowest BCUT2D eigenvalue weighted by Crippen LogP contribution is -2.16. The number of rotatable bonds is 5. The monoisotopic (exact) mass is 270 g/mol. The number of amides is 1. The molecule has 1 heterocycles. The van der Waals surface area contributed by atoms with E-state index in [1.54, 1.807) is 18.5 Å². The van der Waals surface area contributed by atoms with Crippen molar-refractivity contribution in [3.63, 3.8) is 0 Å². The average Bonchev–Trinajstić information content (AvgIpc) is 2.46. The number of hydrogen-bond donors (Lipinski definition) is 2. The lowest BCUT2D eigenvalue weighted by molar-refractivity contribution is 0.102. The van der Waals surface area contributed by atoms with Crippen LogP contribution in [0.4, 0.5) is 11.6 Å². The zero-order chi connectivity index (χ0) is 14.4. The molecule has 0 unspecified atom stereocenters. The zero-order valence-electron chi connectivity index (χ0n) is 11.7. The van der Waals surface area contributed by atoms with Crippen LogP contribution in [0.2, 0.25) is 0 Å². The maximum atomic E-state index is 12.3. The standard InChI is InChI=1S/C15H18N4O/c1-3-7-16-13-10-11(2)5-6-12(13)14(20)19-15-17-8-4-9-18-15/h4-6,8-10,16H,3,7H2,1-2H3,(H,17,18,19,20). The number of aryl methyl sites for hydroxylation is 1. The number of benzene rings is 1. The summed E-state index contributed by atoms with van der Waals surface area (Å²) < 4.78 is 0. The molecule has 0 spiro atoms. The summed E-state index contributed by atoms with van der Waals surface area (Å²) in [6, 6.07) is 7.40. The molecule has 5 nitrogen and oxygen atoms in total. The highest BCUT2D eigenvalue weighted by Crippen LogP contribution is 2.18. The molecule has 5 heteroatoms. The Hall–Kier alpha value is -2.43. The summed E-state index contributed by atoms with van der Waals surface area (Å²) in [4.78, 5) is 20.3. The number of anilines is 2. The topological polar surface area (TPSA) is 66.9 Å². The Bertz CT molecular complexity index is 584. The summed E-state index contributed by atoms with van der Waals surface area (Å²) in [7, 11) is 0. The first-order valence-electron chi connectivity index (χ1n) is 6.63. The van der Waals surface area contributed by atoms with Gasteiger partial charge in [-0.25, -0.2) is 9.97 Å². The van der Waals surface area contributed by atoms with Crippen LogP contribution in [-0.4, -0.2) is 22.4 Å². The minimum absolute atomic E-state index is 0.213. The van der Waals surface area contributed by atoms with E-state index in [4.69, 9.17) is 0 Å². The molecule has 0 saturated heterocycles. The fourth-order valence-corrected chi connectivity index (χ4v) is 1.79. The average molecular weight is 270 g/mol. The van der Waals surface area contributed by atoms with Gasteiger partial charge < -0.3 is 5.32 Å². The molecule has 0 saturated carbocycles. The quantitative estimate of drug-likeness (QED) is 0.876. The number of nitrogens with zero attached hydrogens (tertiary/aromatic N) is 2. The van der Waals surface area contributed by atoms with E-state index in [9.17, 15) is 4.79 Å². The van der Waals surface area contributed by atoms with Crippen LogP contribution in [0.3, 0.4) is 0 Å². The summed E-state index contributed by atoms with van der Waals surface area (Å²) in [6.07, 6.45) is 4.18. The molecule has 0 radical (unpaired) electrons. The van der Waals surface area contributed by atoms with Crippen molar-refractivity contribution in [1.82, 2.24) is 9.97 Å². The van der Waals surface area contributed by atoms with Crippen LogP contribution < -0.4 is 10.6 Å². The highest BCUT2D eigenvalue weighted by atomic mass is 16.1. The van der Waals surface area contributed by atoms with Gasteiger partial charge in [-0.05, 0) is 37.1 Å². The van der Waals surface area contributed by atoms with Crippen molar-refractivity contribution in [2.45, 2.75) is 20.3 Å². The first-order chi connectivity index (χ1) is 9.70. The molecule has 104 valence electrons. The fourth-order valence-electron chi connectivity index (χ4n) is 1.79. The molecule has 20 heavy (non-hydrogen) atoms. The third kappa shape index (κ3) is 3.54. The van der Waals surface area contributed by atoms with E-state index >= 15 is 0 Å². The normalized spacial score (nSPS) is 10.1. The molecule has 2 N–H and O–H groups in total. The molecule has 0 aliphatic heterocycles. The van der Waals surface area contributed by atoms with Gasteiger partial charge in [0.1, 0.15) is 0 Å². The molecule has 0 fully saturated rings. The summed E-state index contributed by atoms with van der Waals surface area (Å²) in [5.41, 5.74) is 2.54. The number of nitrogens with one attached hydrogen (secondary N) is 2. The first kappa shape index (κ1) is 14.0. The van der Waals surface area contributed by atoms with E-state index in [0.717, 1.165) is 24.2 Å². The Kier molecular flexibility index (Phi) is 4.65. The predicted molar refractivity (Wildman–Crippen MR) is 79.9 cm³/mol. The van der Waals surface area contributed by atoms with Gasteiger partial charge in [-0.15, -0.1) is 0 Å². The SMILES string of the molecule is CCCNc1cc(C)ccc1C(=O)Nc1ncccn1. The number of carbonyl (C=O) groups excluding carboxylic acids is 1. The summed E-state index contributed by atoms with van der Waals surface area (Å²) in [5, 5.41) is 5.96. The van der Waals surface area contributed by atoms with Gasteiger partial charge in [-0.2, -0.15) is 0 Å². The van der Waals surface area contributed by atoms with Gasteiger partial charge in [0, 0.05) is 24.6 Å². The van der Waals surface area contributed by atoms with Crippen molar-refractivity contribution in [3.05, 3.63) is 47.8 Å². The van der Waals surface area contributed by atoms with Crippen molar-refractivity contribution in [3.8, 4) is 0 Å². The van der Waals surface area contributed by atoms with Crippen LogP contribution in [-0.2, 0) is 0 Å². The third-order valence-electron chi connectivity index (χ3n) is 2.78. The summed E-state index contributed by atoms with van der Waals surface area (Å²) in [6.45, 7) is 4.91. The lowest BCUT2D eigenvalue weighted by Gasteiger charge is -2.12. The summed E-state index contributed by atoms with van der Waals surface area (Å²) in [5.74, 6) is 0.0920. The second kappa shape index (κ2) is 6.65. The van der Waals surface area contributed by atoms with Crippen molar-refractivity contribution < 1.29 is 4.79 Å². The number of aromatic nitrogens is 2. The Morgan fingerprint density at radius 1 is 1.25 bits per heavy atom. The zero-order valence-corrected chi connectivity index (χ0v) is 11.7. The Labute approximate surface area is 118 Å². The molecule has 1 aromatic carbocycles. The van der Waals surface area contributed by atoms with Crippen LogP contribution in [0.15, 0.2) is 36.7 Å². The highest BCUT2D eigenvalue weighted by Gasteiger charge is 2.12. The Morgan fingerprint density at radius 3 is 2.70 bits per heavy atom. The lowest BCUT2D eigenvalue weighted by atomic mass is 10.1. The van der Waals surface area contributed by atoms with Gasteiger partial charge in [-0.1, -0.05) is 13.0 Å². The molecule has 2 aromatic rings. The van der Waals surface area contributed by atoms with E-state index in [1.165, 1.54) is 0 Å². The van der Waals surface area contributed by atoms with E-state index in [0.29, 0.717) is 11.5 Å². The Balaban J connectivity index is 2.20. The van der Waals surface area contributed by atoms with Crippen LogP contribution in [0.5, 0.6) is 0 Å². The summed E-state index contributed by atoms with van der Waals surface area (Å²) >= 11 is 0. The van der Waals surface area contributed by atoms with Crippen LogP contribution >= 0.6 is 0 Å². The van der Waals surface area contributed by atoms with Crippen molar-refractivity contribution in [1.29, 1.82) is 0 Å². The minimum Gasteiger partial charge on any atom is -0.384 e. The van der Waals surface area contributed by atoms with Gasteiger partial charge in [-0.3, -0.25) is 10.1 Å². The molecule has 0 aliphatic carbocycles. The second-order valence-corrected chi connectivity index (χ2v) is 4.50. The van der Waals surface area contributed by atoms with Gasteiger partial charge in [0.2, 0.25) is 5.95 Å².